The molecule has 2 N–H and O–H groups in total. The Kier molecular flexibility index (Phi) is 4.45. The van der Waals surface area contributed by atoms with Gasteiger partial charge in [0.05, 0.1) is 10.0 Å². The van der Waals surface area contributed by atoms with Gasteiger partial charge in [-0.05, 0) is 37.3 Å². The molecule has 0 bridgehead atoms. The minimum absolute atomic E-state index is 0.510. The van der Waals surface area contributed by atoms with Crippen LogP contribution in [0.4, 0.5) is 5.69 Å². The van der Waals surface area contributed by atoms with E-state index in [0.29, 0.717) is 15.2 Å². The van der Waals surface area contributed by atoms with E-state index in [-0.39, 0.29) is 0 Å². The number of halogens is 2. The Morgan fingerprint density at radius 2 is 2.07 bits per heavy atom. The van der Waals surface area contributed by atoms with E-state index in [1.54, 1.807) is 12.1 Å². The summed E-state index contributed by atoms with van der Waals surface area (Å²) in [4.78, 5) is 0. The first-order valence-electron chi connectivity index (χ1n) is 4.13. The van der Waals surface area contributed by atoms with Crippen LogP contribution in [0.2, 0.25) is 10.0 Å². The van der Waals surface area contributed by atoms with E-state index in [2.05, 4.69) is 10.6 Å². The van der Waals surface area contributed by atoms with E-state index in [9.17, 15) is 0 Å². The number of rotatable bonds is 2. The van der Waals surface area contributed by atoms with Gasteiger partial charge in [-0.2, -0.15) is 0 Å². The molecule has 14 heavy (non-hydrogen) atoms. The second-order valence-corrected chi connectivity index (χ2v) is 3.84. The third-order valence-electron chi connectivity index (χ3n) is 1.51. The highest BCUT2D eigenvalue weighted by Crippen LogP contribution is 2.24. The van der Waals surface area contributed by atoms with Crippen LogP contribution in [0.3, 0.4) is 0 Å². The minimum Gasteiger partial charge on any atom is -0.363 e. The number of benzene rings is 1. The lowest BCUT2D eigenvalue weighted by molar-refractivity contribution is 0.979. The summed E-state index contributed by atoms with van der Waals surface area (Å²) in [6, 6.07) is 5.27. The monoisotopic (exact) mass is 248 g/mol. The average Bonchev–Trinajstić information content (AvgIpc) is 2.12. The second kappa shape index (κ2) is 5.39. The van der Waals surface area contributed by atoms with Gasteiger partial charge in [0.15, 0.2) is 5.11 Å². The molecule has 0 heterocycles. The van der Waals surface area contributed by atoms with Crippen molar-refractivity contribution in [3.05, 3.63) is 28.2 Å². The Morgan fingerprint density at radius 1 is 1.36 bits per heavy atom. The molecular weight excluding hydrogens is 239 g/mol. The second-order valence-electron chi connectivity index (χ2n) is 2.61. The van der Waals surface area contributed by atoms with Crippen LogP contribution in [-0.2, 0) is 0 Å². The van der Waals surface area contributed by atoms with Gasteiger partial charge >= 0.3 is 0 Å². The molecule has 0 unspecified atom stereocenters. The van der Waals surface area contributed by atoms with E-state index >= 15 is 0 Å². The fourth-order valence-corrected chi connectivity index (χ4v) is 1.47. The predicted octanol–water partition coefficient (Wildman–Crippen LogP) is 3.30. The summed E-state index contributed by atoms with van der Waals surface area (Å²) in [6.45, 7) is 2.76. The molecule has 1 aromatic carbocycles. The summed E-state index contributed by atoms with van der Waals surface area (Å²) in [6.07, 6.45) is 0. The zero-order valence-electron chi connectivity index (χ0n) is 7.60. The molecular formula is C9H10Cl2N2S. The molecule has 0 aliphatic carbocycles. The van der Waals surface area contributed by atoms with E-state index in [4.69, 9.17) is 35.4 Å². The molecule has 0 fully saturated rings. The van der Waals surface area contributed by atoms with Crippen LogP contribution in [-0.4, -0.2) is 11.7 Å². The van der Waals surface area contributed by atoms with Crippen molar-refractivity contribution in [2.75, 3.05) is 11.9 Å². The molecule has 5 heteroatoms. The van der Waals surface area contributed by atoms with Crippen molar-refractivity contribution in [2.45, 2.75) is 6.92 Å². The molecule has 0 atom stereocenters. The van der Waals surface area contributed by atoms with E-state index in [1.807, 2.05) is 13.0 Å². The number of hydrogen-bond donors (Lipinski definition) is 2. The summed E-state index contributed by atoms with van der Waals surface area (Å²) in [7, 11) is 0. The summed E-state index contributed by atoms with van der Waals surface area (Å²) < 4.78 is 0. The molecule has 0 aliphatic rings. The Balaban J connectivity index is 2.68. The lowest BCUT2D eigenvalue weighted by Crippen LogP contribution is -2.27. The Labute approximate surface area is 98.6 Å². The molecule has 0 amide bonds. The fraction of sp³-hybridized carbons (Fsp3) is 0.222. The molecule has 76 valence electrons. The predicted molar refractivity (Wildman–Crippen MR) is 66.4 cm³/mol. The number of hydrogen-bond acceptors (Lipinski definition) is 1. The standard InChI is InChI=1S/C9H10Cl2N2S/c1-2-12-9(14)13-6-3-4-7(10)8(11)5-6/h3-5H,2H2,1H3,(H2,12,13,14). The quantitative estimate of drug-likeness (QED) is 0.786. The van der Waals surface area contributed by atoms with Gasteiger partial charge in [0.2, 0.25) is 0 Å². The van der Waals surface area contributed by atoms with E-state index in [1.165, 1.54) is 0 Å². The minimum atomic E-state index is 0.510. The first-order valence-corrected chi connectivity index (χ1v) is 5.29. The molecule has 1 rings (SSSR count). The number of anilines is 1. The van der Waals surface area contributed by atoms with Crippen molar-refractivity contribution in [1.82, 2.24) is 5.32 Å². The first-order chi connectivity index (χ1) is 6.63. The zero-order chi connectivity index (χ0) is 10.6. The highest BCUT2D eigenvalue weighted by atomic mass is 35.5. The van der Waals surface area contributed by atoms with Gasteiger partial charge in [0.25, 0.3) is 0 Å². The zero-order valence-corrected chi connectivity index (χ0v) is 9.93. The van der Waals surface area contributed by atoms with E-state index < -0.39 is 0 Å². The van der Waals surface area contributed by atoms with Gasteiger partial charge in [-0.3, -0.25) is 0 Å². The number of nitrogens with one attached hydrogen (secondary N) is 2. The van der Waals surface area contributed by atoms with Gasteiger partial charge in [0.1, 0.15) is 0 Å². The lowest BCUT2D eigenvalue weighted by Gasteiger charge is -2.09. The summed E-state index contributed by atoms with van der Waals surface area (Å²) in [5.74, 6) is 0. The molecule has 0 radical (unpaired) electrons. The summed E-state index contributed by atoms with van der Waals surface area (Å²) in [5.41, 5.74) is 0.824. The van der Waals surface area contributed by atoms with Crippen LogP contribution in [0, 0.1) is 0 Å². The van der Waals surface area contributed by atoms with Crippen molar-refractivity contribution < 1.29 is 0 Å². The van der Waals surface area contributed by atoms with Gasteiger partial charge in [-0.15, -0.1) is 0 Å². The van der Waals surface area contributed by atoms with Gasteiger partial charge < -0.3 is 10.6 Å². The van der Waals surface area contributed by atoms with Crippen molar-refractivity contribution in [2.24, 2.45) is 0 Å². The van der Waals surface area contributed by atoms with Gasteiger partial charge in [0, 0.05) is 12.2 Å². The fourth-order valence-electron chi connectivity index (χ4n) is 0.910. The van der Waals surface area contributed by atoms with Crippen molar-refractivity contribution >= 4 is 46.2 Å². The van der Waals surface area contributed by atoms with Crippen LogP contribution < -0.4 is 10.6 Å². The van der Waals surface area contributed by atoms with Crippen LogP contribution in [0.25, 0.3) is 0 Å². The smallest absolute Gasteiger partial charge is 0.170 e. The highest BCUT2D eigenvalue weighted by molar-refractivity contribution is 7.80. The van der Waals surface area contributed by atoms with Crippen LogP contribution in [0.5, 0.6) is 0 Å². The maximum atomic E-state index is 5.84. The van der Waals surface area contributed by atoms with Crippen molar-refractivity contribution in [3.63, 3.8) is 0 Å². The molecule has 0 aromatic heterocycles. The first kappa shape index (κ1) is 11.6. The summed E-state index contributed by atoms with van der Waals surface area (Å²) >= 11 is 16.6. The summed E-state index contributed by atoms with van der Waals surface area (Å²) in [5, 5.41) is 7.58. The molecule has 0 saturated heterocycles. The van der Waals surface area contributed by atoms with Crippen LogP contribution in [0.1, 0.15) is 6.92 Å². The Morgan fingerprint density at radius 3 is 2.64 bits per heavy atom. The van der Waals surface area contributed by atoms with Gasteiger partial charge in [-0.25, -0.2) is 0 Å². The Hall–Kier alpha value is -0.510. The molecule has 0 aliphatic heterocycles. The van der Waals surface area contributed by atoms with Crippen LogP contribution >= 0.6 is 35.4 Å². The van der Waals surface area contributed by atoms with E-state index in [0.717, 1.165) is 12.2 Å². The topological polar surface area (TPSA) is 24.1 Å². The lowest BCUT2D eigenvalue weighted by atomic mass is 10.3. The van der Waals surface area contributed by atoms with Crippen molar-refractivity contribution in [3.8, 4) is 0 Å². The van der Waals surface area contributed by atoms with Gasteiger partial charge in [-0.1, -0.05) is 23.2 Å². The highest BCUT2D eigenvalue weighted by Gasteiger charge is 2.00. The third-order valence-corrected chi connectivity index (χ3v) is 2.50. The molecule has 2 nitrogen and oxygen atoms in total. The number of thiocarbonyl (C=S) groups is 1. The average molecular weight is 249 g/mol. The molecule has 0 saturated carbocycles. The third kappa shape index (κ3) is 3.33. The van der Waals surface area contributed by atoms with Crippen LogP contribution in [0.15, 0.2) is 18.2 Å². The maximum absolute atomic E-state index is 5.84. The van der Waals surface area contributed by atoms with Crippen molar-refractivity contribution in [1.29, 1.82) is 0 Å². The molecule has 0 spiro atoms. The largest absolute Gasteiger partial charge is 0.363 e. The normalized spacial score (nSPS) is 9.64. The Bertz CT molecular complexity index is 342. The molecule has 1 aromatic rings. The maximum Gasteiger partial charge on any atom is 0.170 e. The SMILES string of the molecule is CCNC(=S)Nc1ccc(Cl)c(Cl)c1.